The lowest BCUT2D eigenvalue weighted by molar-refractivity contribution is -0.121. The average molecular weight is 829 g/mol. The van der Waals surface area contributed by atoms with E-state index in [1.54, 1.807) is 19.1 Å². The van der Waals surface area contributed by atoms with Gasteiger partial charge in [-0.3, -0.25) is 9.05 Å². The number of nitrogens with two attached hydrogens (primary N) is 1. The van der Waals surface area contributed by atoms with Crippen LogP contribution in [-0.2, 0) is 34.4 Å². The van der Waals surface area contributed by atoms with Crippen LogP contribution in [0.5, 0.6) is 0 Å². The number of fused-ring (bicyclic) bond motifs is 1. The van der Waals surface area contributed by atoms with E-state index in [9.17, 15) is 29.5 Å². The number of anilines is 1. The number of nitrogens with zero attached hydrogens (tertiary/aromatic N) is 5. The first kappa shape index (κ1) is 47.2. The van der Waals surface area contributed by atoms with Crippen LogP contribution in [0.2, 0.25) is 0 Å². The Hall–Kier alpha value is -3.50. The van der Waals surface area contributed by atoms with Gasteiger partial charge in [-0.1, -0.05) is 103 Å². The van der Waals surface area contributed by atoms with Crippen LogP contribution in [-0.4, -0.2) is 68.3 Å². The molecule has 1 unspecified atom stereocenters. The van der Waals surface area contributed by atoms with Crippen molar-refractivity contribution in [3.8, 4) is 12.1 Å². The van der Waals surface area contributed by atoms with Crippen LogP contribution in [0.4, 0.5) is 10.2 Å². The number of aliphatic hydroxyl groups excluding tert-OH is 1. The van der Waals surface area contributed by atoms with Gasteiger partial charge in [0.25, 0.3) is 0 Å². The van der Waals surface area contributed by atoms with Gasteiger partial charge in [0.05, 0.1) is 37.1 Å². The zero-order valence-corrected chi connectivity index (χ0v) is 35.1. The monoisotopic (exact) mass is 828 g/mol. The molecule has 4 N–H and O–H groups in total. The van der Waals surface area contributed by atoms with Crippen LogP contribution in [0.3, 0.4) is 0 Å². The number of rotatable bonds is 29. The van der Waals surface area contributed by atoms with Gasteiger partial charge in [0.15, 0.2) is 5.82 Å². The Morgan fingerprint density at radius 1 is 0.983 bits per heavy atom. The van der Waals surface area contributed by atoms with Crippen molar-refractivity contribution in [3.63, 3.8) is 0 Å². The van der Waals surface area contributed by atoms with Crippen molar-refractivity contribution in [1.29, 1.82) is 10.5 Å². The number of aliphatic hydroxyl groups is 1. The van der Waals surface area contributed by atoms with Crippen LogP contribution in [0.15, 0.2) is 36.7 Å². The van der Waals surface area contributed by atoms with E-state index in [4.69, 9.17) is 29.0 Å². The van der Waals surface area contributed by atoms with Crippen molar-refractivity contribution in [3.05, 3.63) is 59.3 Å². The summed E-state index contributed by atoms with van der Waals surface area (Å²) in [5.74, 6) is -0.367. The first-order chi connectivity index (χ1) is 27.9. The van der Waals surface area contributed by atoms with Gasteiger partial charge >= 0.3 is 7.82 Å². The molecule has 0 aliphatic carbocycles. The number of nitriles is 2. The fraction of sp³-hybridized carbons (Fsp3) is 0.667. The van der Waals surface area contributed by atoms with Gasteiger partial charge in [-0.2, -0.15) is 15.6 Å². The largest absolute Gasteiger partial charge is 0.472 e. The van der Waals surface area contributed by atoms with Gasteiger partial charge in [-0.25, -0.2) is 18.5 Å². The summed E-state index contributed by atoms with van der Waals surface area (Å²) in [6.07, 6.45) is 19.1. The molecule has 2 aromatic heterocycles. The van der Waals surface area contributed by atoms with Gasteiger partial charge < -0.3 is 29.9 Å². The summed E-state index contributed by atoms with van der Waals surface area (Å²) >= 11 is 0. The summed E-state index contributed by atoms with van der Waals surface area (Å²) in [4.78, 5) is 14.7. The molecule has 1 aliphatic rings. The van der Waals surface area contributed by atoms with Crippen molar-refractivity contribution < 1.29 is 42.2 Å². The fourth-order valence-corrected chi connectivity index (χ4v) is 7.95. The Morgan fingerprint density at radius 3 is 2.24 bits per heavy atom. The van der Waals surface area contributed by atoms with Crippen LogP contribution in [0, 0.1) is 28.5 Å². The van der Waals surface area contributed by atoms with Crippen LogP contribution < -0.4 is 5.73 Å². The number of halogens is 1. The van der Waals surface area contributed by atoms with Crippen molar-refractivity contribution in [1.82, 2.24) is 14.6 Å². The summed E-state index contributed by atoms with van der Waals surface area (Å²) < 4.78 is 57.5. The Labute approximate surface area is 342 Å². The molecule has 4 rings (SSSR count). The van der Waals surface area contributed by atoms with E-state index < -0.39 is 50.3 Å². The van der Waals surface area contributed by atoms with E-state index in [1.165, 1.54) is 106 Å². The van der Waals surface area contributed by atoms with E-state index in [2.05, 4.69) is 17.0 Å². The number of hydrogen-bond donors (Lipinski definition) is 3. The average Bonchev–Trinajstić information content (AvgIpc) is 3.80. The molecule has 5 atom stereocenters. The molecular weight excluding hydrogens is 766 g/mol. The van der Waals surface area contributed by atoms with Gasteiger partial charge in [0.2, 0.25) is 5.60 Å². The quantitative estimate of drug-likeness (QED) is 0.0442. The zero-order chi connectivity index (χ0) is 41.9. The number of hydrogen-bond acceptors (Lipinski definition) is 12. The summed E-state index contributed by atoms with van der Waals surface area (Å²) in [6, 6.07) is 11.0. The maximum absolute atomic E-state index is 14.2. The minimum absolute atomic E-state index is 0.0280. The maximum atomic E-state index is 14.2. The minimum Gasteiger partial charge on any atom is -0.389 e. The van der Waals surface area contributed by atoms with Crippen molar-refractivity contribution in [2.75, 3.05) is 32.2 Å². The standard InChI is InChI=1S/C42H62FN6O8P/c1-3-4-5-6-7-8-9-10-11-12-13-14-15-16-17-18-21-53-29-41(2,54-27-34-22-33(26-44)23-35(43)24-34)30-55-58(51,52)56-31-42(28-45)39(50)25-38(57-42)36-19-20-37-40(46)47-32-48-49(36)37/h19-20,22-24,32,38-39,50H,3-18,21,25,27,29-31H2,1-2H3,(H,51,52)(H2,46,47,48)/t38-,39+,41-,42-/m1/s1. The molecule has 1 fully saturated rings. The molecule has 1 saturated heterocycles. The van der Waals surface area contributed by atoms with Crippen molar-refractivity contribution >= 4 is 19.2 Å². The molecule has 1 aliphatic heterocycles. The lowest BCUT2D eigenvalue weighted by Gasteiger charge is -2.31. The first-order valence-electron chi connectivity index (χ1n) is 20.8. The van der Waals surface area contributed by atoms with Gasteiger partial charge in [0.1, 0.15) is 48.1 Å². The summed E-state index contributed by atoms with van der Waals surface area (Å²) in [6.45, 7) is 2.86. The lowest BCUT2D eigenvalue weighted by atomic mass is 9.99. The van der Waals surface area contributed by atoms with Gasteiger partial charge in [-0.15, -0.1) is 0 Å². The number of unbranched alkanes of at least 4 members (excludes halogenated alkanes) is 15. The molecule has 16 heteroatoms. The zero-order valence-electron chi connectivity index (χ0n) is 34.2. The number of phosphoric ester groups is 1. The number of nitrogen functional groups attached to an aromatic ring is 1. The predicted molar refractivity (Wildman–Crippen MR) is 217 cm³/mol. The molecule has 320 valence electrons. The molecule has 0 bridgehead atoms. The highest BCUT2D eigenvalue weighted by Crippen LogP contribution is 2.48. The van der Waals surface area contributed by atoms with E-state index in [0.717, 1.165) is 25.3 Å². The first-order valence-corrected chi connectivity index (χ1v) is 22.3. The highest BCUT2D eigenvalue weighted by atomic mass is 31.2. The van der Waals surface area contributed by atoms with Crippen molar-refractivity contribution in [2.24, 2.45) is 0 Å². The summed E-state index contributed by atoms with van der Waals surface area (Å²) in [7, 11) is -4.87. The highest BCUT2D eigenvalue weighted by molar-refractivity contribution is 7.47. The molecule has 3 aromatic rings. The molecule has 1 aromatic carbocycles. The topological polar surface area (TPSA) is 207 Å². The Balaban J connectivity index is 1.22. The Kier molecular flexibility index (Phi) is 19.5. The van der Waals surface area contributed by atoms with Gasteiger partial charge in [0, 0.05) is 13.0 Å². The fourth-order valence-electron chi connectivity index (χ4n) is 7.09. The van der Waals surface area contributed by atoms with E-state index >= 15 is 0 Å². The third kappa shape index (κ3) is 15.0. The summed E-state index contributed by atoms with van der Waals surface area (Å²) in [5, 5.41) is 34.4. The lowest BCUT2D eigenvalue weighted by Crippen LogP contribution is -2.42. The molecule has 58 heavy (non-hydrogen) atoms. The Bertz CT molecular complexity index is 1840. The predicted octanol–water partition coefficient (Wildman–Crippen LogP) is 8.79. The normalized spacial score (nSPS) is 20.1. The molecule has 0 spiro atoms. The molecule has 3 heterocycles. The van der Waals surface area contributed by atoms with Crippen LogP contribution >= 0.6 is 7.82 Å². The summed E-state index contributed by atoms with van der Waals surface area (Å²) in [5.41, 5.74) is 4.14. The second-order valence-electron chi connectivity index (χ2n) is 15.6. The second kappa shape index (κ2) is 23.9. The molecule has 14 nitrogen and oxygen atoms in total. The maximum Gasteiger partial charge on any atom is 0.472 e. The highest BCUT2D eigenvalue weighted by Gasteiger charge is 2.51. The third-order valence-electron chi connectivity index (χ3n) is 10.6. The Morgan fingerprint density at radius 2 is 1.62 bits per heavy atom. The third-order valence-corrected chi connectivity index (χ3v) is 11.5. The second-order valence-corrected chi connectivity index (χ2v) is 17.1. The minimum atomic E-state index is -4.87. The van der Waals surface area contributed by atoms with Crippen molar-refractivity contribution in [2.45, 2.75) is 153 Å². The van der Waals surface area contributed by atoms with Gasteiger partial charge in [-0.05, 0) is 49.2 Å². The van der Waals surface area contributed by atoms with E-state index in [1.807, 2.05) is 12.1 Å². The SMILES string of the molecule is CCCCCCCCCCCCCCCCCCOC[C@](C)(COP(=O)(O)OC[C@@]1(C#N)O[C@@H](c2ccc3c(N)ncnn23)C[C@@H]1O)OCc1cc(F)cc(C#N)c1. The molecule has 0 radical (unpaired) electrons. The number of phosphoric acid groups is 1. The van der Waals surface area contributed by atoms with Crippen LogP contribution in [0.25, 0.3) is 5.52 Å². The molecular formula is C42H62FN6O8P. The number of aromatic nitrogens is 3. The number of ether oxygens (including phenoxy) is 3. The van der Waals surface area contributed by atoms with E-state index in [0.29, 0.717) is 23.4 Å². The number of benzene rings is 1. The van der Waals surface area contributed by atoms with E-state index in [-0.39, 0.29) is 31.0 Å². The van der Waals surface area contributed by atoms with Crippen LogP contribution in [0.1, 0.15) is 146 Å². The smallest absolute Gasteiger partial charge is 0.389 e. The molecule has 0 saturated carbocycles. The molecule has 0 amide bonds.